The fourth-order valence-electron chi connectivity index (χ4n) is 0.899. The minimum atomic E-state index is 0.281. The van der Waals surface area contributed by atoms with E-state index in [1.807, 2.05) is 0 Å². The zero-order chi connectivity index (χ0) is 9.23. The Balaban J connectivity index is 3.22. The molecule has 2 N–H and O–H groups in total. The predicted octanol–water partition coefficient (Wildman–Crippen LogP) is 2.70. The van der Waals surface area contributed by atoms with Gasteiger partial charge in [-0.05, 0) is 12.8 Å². The number of hydrogen-bond acceptors (Lipinski definition) is 1. The van der Waals surface area contributed by atoms with Crippen LogP contribution in [0.15, 0.2) is 0 Å². The van der Waals surface area contributed by atoms with Gasteiger partial charge in [-0.15, -0.1) is 11.8 Å². The summed E-state index contributed by atoms with van der Waals surface area (Å²) in [6.45, 7) is 4.31. The molecule has 0 aromatic carbocycles. The molecule has 70 valence electrons. The first-order valence-corrected chi connectivity index (χ1v) is 5.02. The van der Waals surface area contributed by atoms with Crippen LogP contribution in [0, 0.1) is 11.8 Å². The molecule has 1 unspecified atom stereocenters. The van der Waals surface area contributed by atoms with Crippen LogP contribution in [-0.4, -0.2) is 6.04 Å². The lowest BCUT2D eigenvalue weighted by molar-refractivity contribution is 0.668. The summed E-state index contributed by atoms with van der Waals surface area (Å²) in [5.74, 6) is 6.28. The first-order chi connectivity index (χ1) is 5.81. The normalized spacial score (nSPS) is 11.9. The molecule has 0 aromatic rings. The van der Waals surface area contributed by atoms with Gasteiger partial charge < -0.3 is 5.73 Å². The van der Waals surface area contributed by atoms with Crippen LogP contribution in [0.3, 0.4) is 0 Å². The molecule has 1 nitrogen and oxygen atoms in total. The smallest absolute Gasteiger partial charge is 0.0241 e. The van der Waals surface area contributed by atoms with Crippen molar-refractivity contribution in [1.29, 1.82) is 0 Å². The molecule has 0 fully saturated rings. The van der Waals surface area contributed by atoms with Gasteiger partial charge >= 0.3 is 0 Å². The monoisotopic (exact) mass is 167 g/mol. The zero-order valence-corrected chi connectivity index (χ0v) is 8.40. The number of nitrogens with two attached hydrogens (primary N) is 1. The highest BCUT2D eigenvalue weighted by atomic mass is 14.6. The van der Waals surface area contributed by atoms with Crippen LogP contribution in [0.1, 0.15) is 52.4 Å². The molecule has 0 amide bonds. The summed E-state index contributed by atoms with van der Waals surface area (Å²) in [4.78, 5) is 0. The van der Waals surface area contributed by atoms with Crippen molar-refractivity contribution in [2.45, 2.75) is 58.4 Å². The molecule has 1 atom stereocenters. The molecule has 0 saturated carbocycles. The topological polar surface area (TPSA) is 26.0 Å². The Morgan fingerprint density at radius 2 is 1.92 bits per heavy atom. The predicted molar refractivity (Wildman–Crippen MR) is 54.8 cm³/mol. The third-order valence-electron chi connectivity index (χ3n) is 1.92. The van der Waals surface area contributed by atoms with Gasteiger partial charge in [0.05, 0.1) is 0 Å². The Labute approximate surface area is 76.7 Å². The van der Waals surface area contributed by atoms with E-state index < -0.39 is 0 Å². The second-order valence-corrected chi connectivity index (χ2v) is 3.18. The maximum Gasteiger partial charge on any atom is 0.0241 e. The first kappa shape index (κ1) is 11.5. The molecular weight excluding hydrogens is 146 g/mol. The second-order valence-electron chi connectivity index (χ2n) is 3.18. The molecule has 0 saturated heterocycles. The van der Waals surface area contributed by atoms with Crippen molar-refractivity contribution in [2.75, 3.05) is 0 Å². The summed E-state index contributed by atoms with van der Waals surface area (Å²) in [6, 6.07) is 0.281. The molecule has 0 spiro atoms. The van der Waals surface area contributed by atoms with E-state index in [1.165, 1.54) is 19.3 Å². The van der Waals surface area contributed by atoms with E-state index in [9.17, 15) is 0 Å². The standard InChI is InChI=1S/C11H21N/c1-3-5-6-7-8-9-10-11(12)4-2/h11H,3-7,10,12H2,1-2H3. The van der Waals surface area contributed by atoms with Crippen LogP contribution in [0.5, 0.6) is 0 Å². The van der Waals surface area contributed by atoms with Gasteiger partial charge in [0.2, 0.25) is 0 Å². The molecule has 0 radical (unpaired) electrons. The van der Waals surface area contributed by atoms with Gasteiger partial charge in [-0.25, -0.2) is 0 Å². The number of hydrogen-bond donors (Lipinski definition) is 1. The molecule has 0 aromatic heterocycles. The van der Waals surface area contributed by atoms with E-state index in [0.29, 0.717) is 0 Å². The molecular formula is C11H21N. The lowest BCUT2D eigenvalue weighted by atomic mass is 10.1. The SMILES string of the molecule is CCCCCC#CCC(N)CC. The fourth-order valence-corrected chi connectivity index (χ4v) is 0.899. The van der Waals surface area contributed by atoms with Gasteiger partial charge in [0.25, 0.3) is 0 Å². The number of unbranched alkanes of at least 4 members (excludes halogenated alkanes) is 3. The minimum absolute atomic E-state index is 0.281. The molecule has 0 aliphatic heterocycles. The molecule has 0 heterocycles. The third kappa shape index (κ3) is 7.63. The van der Waals surface area contributed by atoms with E-state index in [0.717, 1.165) is 19.3 Å². The summed E-state index contributed by atoms with van der Waals surface area (Å²) in [6.07, 6.45) is 6.76. The van der Waals surface area contributed by atoms with Crippen molar-refractivity contribution in [1.82, 2.24) is 0 Å². The highest BCUT2D eigenvalue weighted by molar-refractivity contribution is 5.00. The van der Waals surface area contributed by atoms with Crippen molar-refractivity contribution >= 4 is 0 Å². The fraction of sp³-hybridized carbons (Fsp3) is 0.818. The van der Waals surface area contributed by atoms with Gasteiger partial charge in [-0.3, -0.25) is 0 Å². The molecule has 12 heavy (non-hydrogen) atoms. The van der Waals surface area contributed by atoms with Crippen LogP contribution in [0.2, 0.25) is 0 Å². The van der Waals surface area contributed by atoms with E-state index in [2.05, 4.69) is 25.7 Å². The van der Waals surface area contributed by atoms with Crippen molar-refractivity contribution in [2.24, 2.45) is 5.73 Å². The van der Waals surface area contributed by atoms with Gasteiger partial charge in [-0.2, -0.15) is 0 Å². The summed E-state index contributed by atoms with van der Waals surface area (Å²) >= 11 is 0. The molecule has 0 aliphatic carbocycles. The van der Waals surface area contributed by atoms with E-state index >= 15 is 0 Å². The van der Waals surface area contributed by atoms with Crippen LogP contribution < -0.4 is 5.73 Å². The van der Waals surface area contributed by atoms with Crippen LogP contribution in [0.25, 0.3) is 0 Å². The number of rotatable bonds is 5. The zero-order valence-electron chi connectivity index (χ0n) is 8.40. The maximum atomic E-state index is 5.71. The Morgan fingerprint density at radius 1 is 1.17 bits per heavy atom. The summed E-state index contributed by atoms with van der Waals surface area (Å²) in [5.41, 5.74) is 5.71. The van der Waals surface area contributed by atoms with E-state index in [-0.39, 0.29) is 6.04 Å². The van der Waals surface area contributed by atoms with Crippen LogP contribution in [-0.2, 0) is 0 Å². The molecule has 0 aliphatic rings. The van der Waals surface area contributed by atoms with Crippen LogP contribution >= 0.6 is 0 Å². The van der Waals surface area contributed by atoms with E-state index in [1.54, 1.807) is 0 Å². The van der Waals surface area contributed by atoms with Gasteiger partial charge in [0.15, 0.2) is 0 Å². The average Bonchev–Trinajstić information content (AvgIpc) is 2.10. The Bertz CT molecular complexity index is 141. The Morgan fingerprint density at radius 3 is 2.50 bits per heavy atom. The lowest BCUT2D eigenvalue weighted by Gasteiger charge is -2.00. The molecule has 0 bridgehead atoms. The largest absolute Gasteiger partial charge is 0.327 e. The summed E-state index contributed by atoms with van der Waals surface area (Å²) in [7, 11) is 0. The molecule has 0 rings (SSSR count). The lowest BCUT2D eigenvalue weighted by Crippen LogP contribution is -2.16. The molecule has 1 heteroatoms. The van der Waals surface area contributed by atoms with Crippen molar-refractivity contribution in [3.05, 3.63) is 0 Å². The summed E-state index contributed by atoms with van der Waals surface area (Å²) in [5, 5.41) is 0. The third-order valence-corrected chi connectivity index (χ3v) is 1.92. The van der Waals surface area contributed by atoms with Gasteiger partial charge in [0.1, 0.15) is 0 Å². The highest BCUT2D eigenvalue weighted by Crippen LogP contribution is 1.97. The van der Waals surface area contributed by atoms with Crippen LogP contribution in [0.4, 0.5) is 0 Å². The van der Waals surface area contributed by atoms with E-state index in [4.69, 9.17) is 5.73 Å². The van der Waals surface area contributed by atoms with Crippen molar-refractivity contribution in [3.63, 3.8) is 0 Å². The van der Waals surface area contributed by atoms with Crippen molar-refractivity contribution in [3.8, 4) is 11.8 Å². The quantitative estimate of drug-likeness (QED) is 0.494. The van der Waals surface area contributed by atoms with Gasteiger partial charge in [0, 0.05) is 18.9 Å². The van der Waals surface area contributed by atoms with Gasteiger partial charge in [-0.1, -0.05) is 26.7 Å². The first-order valence-electron chi connectivity index (χ1n) is 5.02. The highest BCUT2D eigenvalue weighted by Gasteiger charge is 1.92. The summed E-state index contributed by atoms with van der Waals surface area (Å²) < 4.78 is 0. The maximum absolute atomic E-state index is 5.71. The Kier molecular flexibility index (Phi) is 8.27. The Hall–Kier alpha value is -0.480. The minimum Gasteiger partial charge on any atom is -0.327 e. The second kappa shape index (κ2) is 8.62. The average molecular weight is 167 g/mol. The van der Waals surface area contributed by atoms with Crippen molar-refractivity contribution < 1.29 is 0 Å².